The molecule has 0 radical (unpaired) electrons. The van der Waals surface area contributed by atoms with Crippen LogP contribution < -0.4 is 20.3 Å². The van der Waals surface area contributed by atoms with Gasteiger partial charge in [0.05, 0.1) is 16.2 Å². The first-order valence-electron chi connectivity index (χ1n) is 10.4. The van der Waals surface area contributed by atoms with Crippen molar-refractivity contribution >= 4 is 34.3 Å². The standard InChI is InChI=1S/C23H25N3O4S/c1-3-4-11-26-22(28)17-7-5-6-8-18(17)25-23(26)31-15(2)21(27)24-16-9-10-19-20(14-16)30-13-12-29-19/h5-10,14-15H,3-4,11-13H2,1-2H3,(H,24,27). The smallest absolute Gasteiger partial charge is 0.262 e. The summed E-state index contributed by atoms with van der Waals surface area (Å²) in [4.78, 5) is 30.5. The van der Waals surface area contributed by atoms with Crippen molar-refractivity contribution in [2.75, 3.05) is 18.5 Å². The van der Waals surface area contributed by atoms with Gasteiger partial charge in [0.25, 0.3) is 5.56 Å². The average molecular weight is 440 g/mol. The summed E-state index contributed by atoms with van der Waals surface area (Å²) in [5.74, 6) is 1.12. The van der Waals surface area contributed by atoms with E-state index in [9.17, 15) is 9.59 Å². The van der Waals surface area contributed by atoms with Gasteiger partial charge in [-0.25, -0.2) is 4.98 Å². The summed E-state index contributed by atoms with van der Waals surface area (Å²) in [5.41, 5.74) is 1.21. The number of carbonyl (C=O) groups excluding carboxylic acids is 1. The number of fused-ring (bicyclic) bond motifs is 2. The topological polar surface area (TPSA) is 82.5 Å². The van der Waals surface area contributed by atoms with Gasteiger partial charge in [0, 0.05) is 18.3 Å². The first kappa shape index (κ1) is 21.2. The lowest BCUT2D eigenvalue weighted by Crippen LogP contribution is -2.27. The highest BCUT2D eigenvalue weighted by molar-refractivity contribution is 8.00. The molecule has 0 bridgehead atoms. The number of thioether (sulfide) groups is 1. The molecule has 1 aliphatic heterocycles. The SMILES string of the molecule is CCCCn1c(SC(C)C(=O)Nc2ccc3c(c2)OCCO3)nc2ccccc2c1=O. The Balaban J connectivity index is 1.55. The number of hydrogen-bond acceptors (Lipinski definition) is 6. The highest BCUT2D eigenvalue weighted by Crippen LogP contribution is 2.33. The number of nitrogens with zero attached hydrogens (tertiary/aromatic N) is 2. The van der Waals surface area contributed by atoms with Crippen molar-refractivity contribution in [1.29, 1.82) is 0 Å². The fourth-order valence-electron chi connectivity index (χ4n) is 3.33. The normalized spacial score (nSPS) is 13.7. The van der Waals surface area contributed by atoms with Crippen LogP contribution in [-0.2, 0) is 11.3 Å². The Hall–Kier alpha value is -3.00. The summed E-state index contributed by atoms with van der Waals surface area (Å²) >= 11 is 1.29. The Kier molecular flexibility index (Phi) is 6.46. The van der Waals surface area contributed by atoms with Crippen LogP contribution in [0.1, 0.15) is 26.7 Å². The van der Waals surface area contributed by atoms with E-state index in [4.69, 9.17) is 9.47 Å². The number of hydrogen-bond donors (Lipinski definition) is 1. The molecular weight excluding hydrogens is 414 g/mol. The van der Waals surface area contributed by atoms with E-state index in [1.165, 1.54) is 11.8 Å². The van der Waals surface area contributed by atoms with Gasteiger partial charge in [0.2, 0.25) is 5.91 Å². The van der Waals surface area contributed by atoms with Gasteiger partial charge >= 0.3 is 0 Å². The summed E-state index contributed by atoms with van der Waals surface area (Å²) in [5, 5.41) is 3.62. The Morgan fingerprint density at radius 3 is 2.77 bits per heavy atom. The molecule has 1 aromatic heterocycles. The molecule has 162 valence electrons. The molecule has 4 rings (SSSR count). The van der Waals surface area contributed by atoms with Gasteiger partial charge < -0.3 is 14.8 Å². The van der Waals surface area contributed by atoms with Gasteiger partial charge in [-0.05, 0) is 37.6 Å². The number of unbranched alkanes of at least 4 members (excludes halogenated alkanes) is 1. The minimum Gasteiger partial charge on any atom is -0.486 e. The Labute approximate surface area is 184 Å². The van der Waals surface area contributed by atoms with Gasteiger partial charge in [0.1, 0.15) is 13.2 Å². The minimum atomic E-state index is -0.450. The fourth-order valence-corrected chi connectivity index (χ4v) is 4.26. The van der Waals surface area contributed by atoms with Gasteiger partial charge in [-0.3, -0.25) is 14.2 Å². The predicted molar refractivity (Wildman–Crippen MR) is 122 cm³/mol. The summed E-state index contributed by atoms with van der Waals surface area (Å²) in [6.07, 6.45) is 1.83. The maximum Gasteiger partial charge on any atom is 0.262 e. The quantitative estimate of drug-likeness (QED) is 0.441. The van der Waals surface area contributed by atoms with Crippen molar-refractivity contribution in [3.63, 3.8) is 0 Å². The van der Waals surface area contributed by atoms with Crippen LogP contribution in [0.25, 0.3) is 10.9 Å². The highest BCUT2D eigenvalue weighted by Gasteiger charge is 2.20. The lowest BCUT2D eigenvalue weighted by molar-refractivity contribution is -0.115. The number of benzene rings is 2. The number of carbonyl (C=O) groups is 1. The molecule has 1 unspecified atom stereocenters. The number of nitrogens with one attached hydrogen (secondary N) is 1. The number of rotatable bonds is 7. The van der Waals surface area contributed by atoms with Gasteiger partial charge in [-0.2, -0.15) is 0 Å². The molecule has 0 fully saturated rings. The number of ether oxygens (including phenoxy) is 2. The third kappa shape index (κ3) is 4.69. The molecule has 31 heavy (non-hydrogen) atoms. The molecule has 2 aromatic carbocycles. The van der Waals surface area contributed by atoms with Crippen molar-refractivity contribution in [3.8, 4) is 11.5 Å². The summed E-state index contributed by atoms with van der Waals surface area (Å²) in [6, 6.07) is 12.6. The highest BCUT2D eigenvalue weighted by atomic mass is 32.2. The number of para-hydroxylation sites is 1. The van der Waals surface area contributed by atoms with Crippen LogP contribution in [0.15, 0.2) is 52.4 Å². The van der Waals surface area contributed by atoms with E-state index in [1.807, 2.05) is 25.1 Å². The molecule has 7 nitrogen and oxygen atoms in total. The maximum atomic E-state index is 13.0. The van der Waals surface area contributed by atoms with Crippen LogP contribution in [0.4, 0.5) is 5.69 Å². The van der Waals surface area contributed by atoms with E-state index >= 15 is 0 Å². The van der Waals surface area contributed by atoms with E-state index in [-0.39, 0.29) is 11.5 Å². The molecule has 0 aliphatic carbocycles. The zero-order chi connectivity index (χ0) is 21.8. The maximum absolute atomic E-state index is 13.0. The van der Waals surface area contributed by atoms with Gasteiger partial charge in [-0.15, -0.1) is 0 Å². The lowest BCUT2D eigenvalue weighted by atomic mass is 10.2. The zero-order valence-electron chi connectivity index (χ0n) is 17.6. The van der Waals surface area contributed by atoms with Crippen LogP contribution in [0.2, 0.25) is 0 Å². The molecule has 8 heteroatoms. The Morgan fingerprint density at radius 1 is 1.19 bits per heavy atom. The summed E-state index contributed by atoms with van der Waals surface area (Å²) in [6.45, 7) is 5.47. The van der Waals surface area contributed by atoms with Crippen LogP contribution in [0, 0.1) is 0 Å². The Morgan fingerprint density at radius 2 is 1.97 bits per heavy atom. The van der Waals surface area contributed by atoms with Crippen molar-refractivity contribution in [2.24, 2.45) is 0 Å². The lowest BCUT2D eigenvalue weighted by Gasteiger charge is -2.20. The van der Waals surface area contributed by atoms with E-state index in [2.05, 4.69) is 17.2 Å². The molecule has 0 spiro atoms. The molecular formula is C23H25N3O4S. The largest absolute Gasteiger partial charge is 0.486 e. The monoisotopic (exact) mass is 439 g/mol. The third-order valence-electron chi connectivity index (χ3n) is 5.02. The Bertz CT molecular complexity index is 1160. The second kappa shape index (κ2) is 9.43. The van der Waals surface area contributed by atoms with Crippen LogP contribution >= 0.6 is 11.8 Å². The number of aromatic nitrogens is 2. The minimum absolute atomic E-state index is 0.0685. The van der Waals surface area contributed by atoms with E-state index in [0.29, 0.717) is 53.0 Å². The molecule has 2 heterocycles. The van der Waals surface area contributed by atoms with Crippen molar-refractivity contribution in [3.05, 3.63) is 52.8 Å². The molecule has 1 atom stereocenters. The first-order chi connectivity index (χ1) is 15.1. The molecule has 3 aromatic rings. The van der Waals surface area contributed by atoms with Crippen molar-refractivity contribution in [2.45, 2.75) is 43.6 Å². The zero-order valence-corrected chi connectivity index (χ0v) is 18.4. The summed E-state index contributed by atoms with van der Waals surface area (Å²) < 4.78 is 12.8. The molecule has 1 amide bonds. The number of anilines is 1. The fraction of sp³-hybridized carbons (Fsp3) is 0.348. The predicted octanol–water partition coefficient (Wildman–Crippen LogP) is 4.09. The van der Waals surface area contributed by atoms with Crippen LogP contribution in [-0.4, -0.2) is 33.9 Å². The third-order valence-corrected chi connectivity index (χ3v) is 6.11. The van der Waals surface area contributed by atoms with Crippen LogP contribution in [0.5, 0.6) is 11.5 Å². The molecule has 0 saturated heterocycles. The second-order valence-electron chi connectivity index (χ2n) is 7.33. The van der Waals surface area contributed by atoms with Gasteiger partial charge in [0.15, 0.2) is 16.7 Å². The van der Waals surface area contributed by atoms with Gasteiger partial charge in [-0.1, -0.05) is 37.2 Å². The molecule has 1 aliphatic rings. The van der Waals surface area contributed by atoms with Crippen molar-refractivity contribution in [1.82, 2.24) is 9.55 Å². The van der Waals surface area contributed by atoms with E-state index in [0.717, 1.165) is 12.8 Å². The van der Waals surface area contributed by atoms with E-state index in [1.54, 1.807) is 28.8 Å². The molecule has 1 N–H and O–H groups in total. The average Bonchev–Trinajstić information content (AvgIpc) is 2.79. The second-order valence-corrected chi connectivity index (χ2v) is 8.64. The van der Waals surface area contributed by atoms with Crippen LogP contribution in [0.3, 0.4) is 0 Å². The van der Waals surface area contributed by atoms with E-state index < -0.39 is 5.25 Å². The summed E-state index contributed by atoms with van der Waals surface area (Å²) in [7, 11) is 0. The first-order valence-corrected chi connectivity index (χ1v) is 11.3. The molecule has 0 saturated carbocycles. The van der Waals surface area contributed by atoms with Crippen molar-refractivity contribution < 1.29 is 14.3 Å². The number of amides is 1.